The third-order valence-electron chi connectivity index (χ3n) is 2.61. The first-order valence-corrected chi connectivity index (χ1v) is 5.53. The Balaban J connectivity index is 2.35. The zero-order chi connectivity index (χ0) is 11.5. The Hall–Kier alpha value is -1.77. The Kier molecular flexibility index (Phi) is 2.95. The average molecular weight is 216 g/mol. The molecule has 1 aromatic heterocycles. The highest BCUT2D eigenvalue weighted by molar-refractivity contribution is 5.66. The number of aryl methyl sites for hydroxylation is 2. The van der Waals surface area contributed by atoms with E-state index in [1.54, 1.807) is 12.1 Å². The molecule has 1 heterocycles. The SMILES string of the molecule is CCCn1cc(-c2ccc(O)cc2C)cn1. The summed E-state index contributed by atoms with van der Waals surface area (Å²) in [5.74, 6) is 0.308. The van der Waals surface area contributed by atoms with Crippen molar-refractivity contribution in [3.63, 3.8) is 0 Å². The van der Waals surface area contributed by atoms with Crippen molar-refractivity contribution in [1.29, 1.82) is 0 Å². The molecule has 0 bridgehead atoms. The molecule has 0 aliphatic heterocycles. The Morgan fingerprint density at radius 2 is 2.19 bits per heavy atom. The molecule has 3 nitrogen and oxygen atoms in total. The second-order valence-corrected chi connectivity index (χ2v) is 3.99. The maximum absolute atomic E-state index is 9.35. The van der Waals surface area contributed by atoms with E-state index in [9.17, 15) is 5.11 Å². The van der Waals surface area contributed by atoms with Crippen molar-refractivity contribution in [1.82, 2.24) is 9.78 Å². The number of aromatic hydroxyl groups is 1. The van der Waals surface area contributed by atoms with Gasteiger partial charge >= 0.3 is 0 Å². The van der Waals surface area contributed by atoms with Crippen LogP contribution < -0.4 is 0 Å². The molecule has 0 saturated heterocycles. The van der Waals surface area contributed by atoms with Crippen molar-refractivity contribution >= 4 is 0 Å². The quantitative estimate of drug-likeness (QED) is 0.856. The zero-order valence-electron chi connectivity index (χ0n) is 9.64. The molecule has 2 rings (SSSR count). The van der Waals surface area contributed by atoms with Gasteiger partial charge in [-0.1, -0.05) is 13.0 Å². The van der Waals surface area contributed by atoms with Crippen LogP contribution in [0.5, 0.6) is 5.75 Å². The fourth-order valence-electron chi connectivity index (χ4n) is 1.83. The third-order valence-corrected chi connectivity index (χ3v) is 2.61. The lowest BCUT2D eigenvalue weighted by Gasteiger charge is -2.03. The van der Waals surface area contributed by atoms with Crippen LogP contribution in [-0.2, 0) is 6.54 Å². The minimum Gasteiger partial charge on any atom is -0.508 e. The van der Waals surface area contributed by atoms with Gasteiger partial charge in [0, 0.05) is 18.3 Å². The summed E-state index contributed by atoms with van der Waals surface area (Å²) in [6.07, 6.45) is 4.99. The molecule has 3 heteroatoms. The van der Waals surface area contributed by atoms with Crippen LogP contribution >= 0.6 is 0 Å². The van der Waals surface area contributed by atoms with Gasteiger partial charge in [0.1, 0.15) is 5.75 Å². The van der Waals surface area contributed by atoms with Gasteiger partial charge in [0.05, 0.1) is 6.20 Å². The van der Waals surface area contributed by atoms with Gasteiger partial charge in [0.25, 0.3) is 0 Å². The number of phenolic OH excluding ortho intramolecular Hbond substituents is 1. The summed E-state index contributed by atoms with van der Waals surface area (Å²) >= 11 is 0. The molecule has 0 atom stereocenters. The summed E-state index contributed by atoms with van der Waals surface area (Å²) in [6, 6.07) is 5.41. The maximum atomic E-state index is 9.35. The standard InChI is InChI=1S/C13H16N2O/c1-3-6-15-9-11(8-14-15)13-5-4-12(16)7-10(13)2/h4-5,7-9,16H,3,6H2,1-2H3. The summed E-state index contributed by atoms with van der Waals surface area (Å²) in [5.41, 5.74) is 3.29. The monoisotopic (exact) mass is 216 g/mol. The summed E-state index contributed by atoms with van der Waals surface area (Å²) in [6.45, 7) is 5.07. The Morgan fingerprint density at radius 1 is 1.38 bits per heavy atom. The lowest BCUT2D eigenvalue weighted by atomic mass is 10.0. The van der Waals surface area contributed by atoms with Crippen molar-refractivity contribution in [3.05, 3.63) is 36.2 Å². The first kappa shape index (κ1) is 10.7. The number of hydrogen-bond donors (Lipinski definition) is 1. The van der Waals surface area contributed by atoms with Crippen LogP contribution in [0.25, 0.3) is 11.1 Å². The van der Waals surface area contributed by atoms with Gasteiger partial charge in [-0.05, 0) is 36.6 Å². The van der Waals surface area contributed by atoms with Gasteiger partial charge < -0.3 is 5.11 Å². The second kappa shape index (κ2) is 4.39. The zero-order valence-corrected chi connectivity index (χ0v) is 9.64. The molecule has 0 saturated carbocycles. The van der Waals surface area contributed by atoms with E-state index in [0.29, 0.717) is 5.75 Å². The third kappa shape index (κ3) is 2.08. The fourth-order valence-corrected chi connectivity index (χ4v) is 1.83. The molecule has 0 unspecified atom stereocenters. The largest absolute Gasteiger partial charge is 0.508 e. The summed E-state index contributed by atoms with van der Waals surface area (Å²) in [5, 5.41) is 13.7. The highest BCUT2D eigenvalue weighted by Gasteiger charge is 2.05. The number of nitrogens with zero attached hydrogens (tertiary/aromatic N) is 2. The number of phenols is 1. The Labute approximate surface area is 95.3 Å². The number of rotatable bonds is 3. The number of aromatic nitrogens is 2. The van der Waals surface area contributed by atoms with Crippen LogP contribution in [0.1, 0.15) is 18.9 Å². The summed E-state index contributed by atoms with van der Waals surface area (Å²) in [4.78, 5) is 0. The van der Waals surface area contributed by atoms with Crippen molar-refractivity contribution in [3.8, 4) is 16.9 Å². The maximum Gasteiger partial charge on any atom is 0.115 e. The average Bonchev–Trinajstić information content (AvgIpc) is 2.67. The van der Waals surface area contributed by atoms with Gasteiger partial charge in [-0.15, -0.1) is 0 Å². The number of benzene rings is 1. The number of hydrogen-bond acceptors (Lipinski definition) is 2. The minimum atomic E-state index is 0.308. The van der Waals surface area contributed by atoms with Crippen LogP contribution in [0.2, 0.25) is 0 Å². The molecular weight excluding hydrogens is 200 g/mol. The topological polar surface area (TPSA) is 38.0 Å². The van der Waals surface area contributed by atoms with Crippen molar-refractivity contribution in [2.75, 3.05) is 0 Å². The van der Waals surface area contributed by atoms with Crippen LogP contribution in [0.15, 0.2) is 30.6 Å². The van der Waals surface area contributed by atoms with Crippen molar-refractivity contribution in [2.45, 2.75) is 26.8 Å². The molecular formula is C13H16N2O. The normalized spacial score (nSPS) is 10.6. The smallest absolute Gasteiger partial charge is 0.115 e. The molecule has 0 aliphatic carbocycles. The highest BCUT2D eigenvalue weighted by atomic mass is 16.3. The molecule has 84 valence electrons. The molecule has 0 spiro atoms. The Bertz CT molecular complexity index is 488. The van der Waals surface area contributed by atoms with E-state index in [-0.39, 0.29) is 0 Å². The molecule has 0 amide bonds. The van der Waals surface area contributed by atoms with Gasteiger partial charge in [0.2, 0.25) is 0 Å². The second-order valence-electron chi connectivity index (χ2n) is 3.99. The van der Waals surface area contributed by atoms with Crippen molar-refractivity contribution < 1.29 is 5.11 Å². The minimum absolute atomic E-state index is 0.308. The van der Waals surface area contributed by atoms with E-state index in [4.69, 9.17) is 0 Å². The van der Waals surface area contributed by atoms with Gasteiger partial charge in [-0.2, -0.15) is 5.10 Å². The summed E-state index contributed by atoms with van der Waals surface area (Å²) in [7, 11) is 0. The fraction of sp³-hybridized carbons (Fsp3) is 0.308. The summed E-state index contributed by atoms with van der Waals surface area (Å²) < 4.78 is 1.95. The molecule has 1 N–H and O–H groups in total. The predicted octanol–water partition coefficient (Wildman–Crippen LogP) is 2.97. The molecule has 2 aromatic rings. The lowest BCUT2D eigenvalue weighted by molar-refractivity contribution is 0.475. The van der Waals surface area contributed by atoms with Crippen LogP contribution in [0.4, 0.5) is 0 Å². The van der Waals surface area contributed by atoms with Gasteiger partial charge in [0.15, 0.2) is 0 Å². The van der Waals surface area contributed by atoms with E-state index in [1.165, 1.54) is 0 Å². The van der Waals surface area contributed by atoms with E-state index in [0.717, 1.165) is 29.7 Å². The predicted molar refractivity (Wildman–Crippen MR) is 64.4 cm³/mol. The molecule has 1 aromatic carbocycles. The Morgan fingerprint density at radius 3 is 2.88 bits per heavy atom. The van der Waals surface area contributed by atoms with Gasteiger partial charge in [-0.25, -0.2) is 0 Å². The lowest BCUT2D eigenvalue weighted by Crippen LogP contribution is -1.95. The molecule has 0 fully saturated rings. The van der Waals surface area contributed by atoms with Crippen LogP contribution in [-0.4, -0.2) is 14.9 Å². The van der Waals surface area contributed by atoms with E-state index in [2.05, 4.69) is 12.0 Å². The first-order chi connectivity index (χ1) is 7.70. The van der Waals surface area contributed by atoms with E-state index >= 15 is 0 Å². The van der Waals surface area contributed by atoms with Gasteiger partial charge in [-0.3, -0.25) is 4.68 Å². The van der Waals surface area contributed by atoms with E-state index < -0.39 is 0 Å². The molecule has 0 aliphatic rings. The van der Waals surface area contributed by atoms with Crippen molar-refractivity contribution in [2.24, 2.45) is 0 Å². The highest BCUT2D eigenvalue weighted by Crippen LogP contribution is 2.25. The molecule has 0 radical (unpaired) electrons. The molecule has 16 heavy (non-hydrogen) atoms. The van der Waals surface area contributed by atoms with Crippen LogP contribution in [0.3, 0.4) is 0 Å². The van der Waals surface area contributed by atoms with E-state index in [1.807, 2.05) is 30.1 Å². The first-order valence-electron chi connectivity index (χ1n) is 5.53. The van der Waals surface area contributed by atoms with Crippen LogP contribution in [0, 0.1) is 6.92 Å².